The summed E-state index contributed by atoms with van der Waals surface area (Å²) in [6, 6.07) is 18.7. The summed E-state index contributed by atoms with van der Waals surface area (Å²) >= 11 is 0. The van der Waals surface area contributed by atoms with Crippen LogP contribution < -0.4 is 5.32 Å². The Morgan fingerprint density at radius 1 is 0.870 bits per heavy atom. The Morgan fingerprint density at radius 3 is 2.48 bits per heavy atom. The van der Waals surface area contributed by atoms with Gasteiger partial charge < -0.3 is 5.32 Å². The van der Waals surface area contributed by atoms with E-state index in [1.807, 2.05) is 6.07 Å². The average Bonchev–Trinajstić information content (AvgIpc) is 2.62. The minimum Gasteiger partial charge on any atom is -0.369 e. The lowest BCUT2D eigenvalue weighted by atomic mass is 9.99. The van der Waals surface area contributed by atoms with Crippen molar-refractivity contribution < 1.29 is 0 Å². The zero-order valence-corrected chi connectivity index (χ0v) is 13.2. The lowest BCUT2D eigenvalue weighted by Crippen LogP contribution is -2.16. The van der Waals surface area contributed by atoms with Crippen LogP contribution in [0.5, 0.6) is 0 Å². The minimum absolute atomic E-state index is 0.939. The van der Waals surface area contributed by atoms with Crippen molar-refractivity contribution in [3.63, 3.8) is 0 Å². The lowest BCUT2D eigenvalue weighted by Gasteiger charge is -2.20. The maximum absolute atomic E-state index is 4.98. The van der Waals surface area contributed by atoms with Crippen molar-refractivity contribution in [1.29, 1.82) is 0 Å². The van der Waals surface area contributed by atoms with Crippen molar-refractivity contribution in [1.82, 2.24) is 9.97 Å². The number of aryl methyl sites for hydroxylation is 2. The summed E-state index contributed by atoms with van der Waals surface area (Å²) in [4.78, 5) is 9.92. The van der Waals surface area contributed by atoms with Gasteiger partial charge in [-0.15, -0.1) is 0 Å². The molecule has 2 aromatic carbocycles. The first kappa shape index (κ1) is 13.9. The lowest BCUT2D eigenvalue weighted by molar-refractivity contribution is 0.790. The smallest absolute Gasteiger partial charge is 0.148 e. The second kappa shape index (κ2) is 5.84. The van der Waals surface area contributed by atoms with E-state index in [0.717, 1.165) is 53.4 Å². The summed E-state index contributed by atoms with van der Waals surface area (Å²) in [7, 11) is 0. The van der Waals surface area contributed by atoms with Crippen LogP contribution in [0.25, 0.3) is 22.5 Å². The molecule has 0 saturated heterocycles. The fourth-order valence-electron chi connectivity index (χ4n) is 3.07. The Balaban J connectivity index is 1.98. The molecule has 1 aromatic heterocycles. The maximum atomic E-state index is 4.98. The normalized spacial score (nSPS) is 13.3. The number of hydrogen-bond donors (Lipinski definition) is 1. The van der Waals surface area contributed by atoms with Gasteiger partial charge >= 0.3 is 0 Å². The molecule has 3 nitrogen and oxygen atoms in total. The standard InChI is InChI=1S/C20H19N3/c1-14-8-5-6-11-16(14)19-18(15-9-3-2-4-10-15)22-17-12-7-13-21-20(17)23-19/h2-6,8-11H,7,12-13H2,1H3,(H,21,23). The van der Waals surface area contributed by atoms with Crippen molar-refractivity contribution in [3.8, 4) is 22.5 Å². The first-order chi connectivity index (χ1) is 11.3. The second-order valence-electron chi connectivity index (χ2n) is 5.93. The van der Waals surface area contributed by atoms with Crippen LogP contribution in [0.15, 0.2) is 54.6 Å². The van der Waals surface area contributed by atoms with Crippen molar-refractivity contribution in [2.45, 2.75) is 19.8 Å². The van der Waals surface area contributed by atoms with E-state index in [4.69, 9.17) is 9.97 Å². The molecule has 0 aliphatic carbocycles. The molecule has 0 radical (unpaired) electrons. The zero-order chi connectivity index (χ0) is 15.6. The highest BCUT2D eigenvalue weighted by atomic mass is 15.0. The molecule has 1 aliphatic heterocycles. The number of benzene rings is 2. The first-order valence-corrected chi connectivity index (χ1v) is 8.09. The summed E-state index contributed by atoms with van der Waals surface area (Å²) in [5, 5.41) is 3.40. The maximum Gasteiger partial charge on any atom is 0.148 e. The van der Waals surface area contributed by atoms with E-state index in [-0.39, 0.29) is 0 Å². The van der Waals surface area contributed by atoms with Crippen molar-refractivity contribution in [3.05, 3.63) is 65.9 Å². The van der Waals surface area contributed by atoms with E-state index in [2.05, 4.69) is 60.8 Å². The number of fused-ring (bicyclic) bond motifs is 1. The summed E-state index contributed by atoms with van der Waals surface area (Å²) in [5.41, 5.74) is 6.49. The molecule has 0 fully saturated rings. The number of hydrogen-bond acceptors (Lipinski definition) is 3. The van der Waals surface area contributed by atoms with E-state index in [1.54, 1.807) is 0 Å². The van der Waals surface area contributed by atoms with Gasteiger partial charge in [0.1, 0.15) is 5.82 Å². The van der Waals surface area contributed by atoms with E-state index < -0.39 is 0 Å². The molecule has 3 heteroatoms. The molecular weight excluding hydrogens is 282 g/mol. The molecule has 0 saturated carbocycles. The van der Waals surface area contributed by atoms with E-state index in [0.29, 0.717) is 0 Å². The highest BCUT2D eigenvalue weighted by Gasteiger charge is 2.19. The van der Waals surface area contributed by atoms with Crippen LogP contribution in [-0.4, -0.2) is 16.5 Å². The summed E-state index contributed by atoms with van der Waals surface area (Å²) in [6.07, 6.45) is 2.10. The number of rotatable bonds is 2. The number of anilines is 1. The third-order valence-corrected chi connectivity index (χ3v) is 4.30. The summed E-state index contributed by atoms with van der Waals surface area (Å²) in [5.74, 6) is 0.939. The van der Waals surface area contributed by atoms with Crippen LogP contribution >= 0.6 is 0 Å². The van der Waals surface area contributed by atoms with Crippen molar-refractivity contribution in [2.24, 2.45) is 0 Å². The predicted molar refractivity (Wildman–Crippen MR) is 94.5 cm³/mol. The fraction of sp³-hybridized carbons (Fsp3) is 0.200. The minimum atomic E-state index is 0.939. The summed E-state index contributed by atoms with van der Waals surface area (Å²) < 4.78 is 0. The predicted octanol–water partition coefficient (Wildman–Crippen LogP) is 4.48. The van der Waals surface area contributed by atoms with Gasteiger partial charge in [0.2, 0.25) is 0 Å². The Labute approximate surface area is 136 Å². The highest BCUT2D eigenvalue weighted by Crippen LogP contribution is 2.34. The van der Waals surface area contributed by atoms with Gasteiger partial charge in [-0.05, 0) is 25.3 Å². The molecular formula is C20H19N3. The largest absolute Gasteiger partial charge is 0.369 e. The first-order valence-electron chi connectivity index (χ1n) is 8.09. The molecule has 0 atom stereocenters. The molecule has 1 N–H and O–H groups in total. The molecule has 3 aromatic rings. The van der Waals surface area contributed by atoms with E-state index >= 15 is 0 Å². The van der Waals surface area contributed by atoms with Crippen LogP contribution in [0.1, 0.15) is 17.7 Å². The van der Waals surface area contributed by atoms with Gasteiger partial charge in [0, 0.05) is 17.7 Å². The van der Waals surface area contributed by atoms with Gasteiger partial charge in [0.25, 0.3) is 0 Å². The highest BCUT2D eigenvalue weighted by molar-refractivity contribution is 5.80. The molecule has 0 spiro atoms. The van der Waals surface area contributed by atoms with Gasteiger partial charge in [0.15, 0.2) is 0 Å². The van der Waals surface area contributed by atoms with Gasteiger partial charge in [0.05, 0.1) is 17.1 Å². The van der Waals surface area contributed by atoms with Crippen LogP contribution in [-0.2, 0) is 6.42 Å². The third kappa shape index (κ3) is 2.59. The van der Waals surface area contributed by atoms with Crippen LogP contribution in [0.3, 0.4) is 0 Å². The van der Waals surface area contributed by atoms with Gasteiger partial charge in [-0.2, -0.15) is 0 Å². The van der Waals surface area contributed by atoms with E-state index in [1.165, 1.54) is 5.56 Å². The number of nitrogens with zero attached hydrogens (tertiary/aromatic N) is 2. The van der Waals surface area contributed by atoms with Crippen molar-refractivity contribution in [2.75, 3.05) is 11.9 Å². The number of aromatic nitrogens is 2. The molecule has 114 valence electrons. The zero-order valence-electron chi connectivity index (χ0n) is 13.2. The molecule has 2 heterocycles. The Hall–Kier alpha value is -2.68. The molecule has 0 unspecified atom stereocenters. The fourth-order valence-corrected chi connectivity index (χ4v) is 3.07. The quantitative estimate of drug-likeness (QED) is 0.758. The molecule has 4 rings (SSSR count). The monoisotopic (exact) mass is 301 g/mol. The Kier molecular flexibility index (Phi) is 3.54. The molecule has 0 amide bonds. The SMILES string of the molecule is Cc1ccccc1-c1nc2c(nc1-c1ccccc1)CCCN2. The summed E-state index contributed by atoms with van der Waals surface area (Å²) in [6.45, 7) is 3.10. The van der Waals surface area contributed by atoms with E-state index in [9.17, 15) is 0 Å². The van der Waals surface area contributed by atoms with Crippen molar-refractivity contribution >= 4 is 5.82 Å². The van der Waals surface area contributed by atoms with Crippen LogP contribution in [0.2, 0.25) is 0 Å². The molecule has 0 bridgehead atoms. The Bertz CT molecular complexity index is 841. The molecule has 23 heavy (non-hydrogen) atoms. The third-order valence-electron chi connectivity index (χ3n) is 4.30. The Morgan fingerprint density at radius 2 is 1.65 bits per heavy atom. The van der Waals surface area contributed by atoms with Crippen LogP contribution in [0.4, 0.5) is 5.82 Å². The average molecular weight is 301 g/mol. The van der Waals surface area contributed by atoms with Crippen LogP contribution in [0, 0.1) is 6.92 Å². The number of nitrogens with one attached hydrogen (secondary N) is 1. The second-order valence-corrected chi connectivity index (χ2v) is 5.93. The van der Waals surface area contributed by atoms with Gasteiger partial charge in [-0.25, -0.2) is 9.97 Å². The topological polar surface area (TPSA) is 37.8 Å². The van der Waals surface area contributed by atoms with Gasteiger partial charge in [-0.1, -0.05) is 54.6 Å². The molecule has 1 aliphatic rings. The van der Waals surface area contributed by atoms with Gasteiger partial charge in [-0.3, -0.25) is 0 Å².